The number of hydrogen-bond acceptors (Lipinski definition) is 3. The van der Waals surface area contributed by atoms with Crippen LogP contribution in [0.15, 0.2) is 42.6 Å². The Kier molecular flexibility index (Phi) is 2.64. The van der Waals surface area contributed by atoms with Crippen molar-refractivity contribution < 1.29 is 5.11 Å². The van der Waals surface area contributed by atoms with Crippen molar-refractivity contribution in [3.05, 3.63) is 59.0 Å². The summed E-state index contributed by atoms with van der Waals surface area (Å²) in [5.41, 5.74) is 1.44. The molecule has 0 fully saturated rings. The van der Waals surface area contributed by atoms with Crippen LogP contribution in [0.25, 0.3) is 5.65 Å². The number of aromatic hydroxyl groups is 1. The van der Waals surface area contributed by atoms with Gasteiger partial charge in [0.25, 0.3) is 0 Å². The van der Waals surface area contributed by atoms with Gasteiger partial charge in [-0.15, -0.1) is 10.2 Å². The molecule has 0 aliphatic rings. The van der Waals surface area contributed by atoms with Gasteiger partial charge in [0.2, 0.25) is 5.65 Å². The second kappa shape index (κ2) is 4.31. The molecule has 2 aromatic heterocycles. The zero-order valence-corrected chi connectivity index (χ0v) is 10.2. The standard InChI is InChI=1S/C13H10ClN3O/c14-10-5-2-1-4-9(10)8-12-15-16-13-11(18)6-3-7-17(12)13/h1-7,18H,8H2. The summed E-state index contributed by atoms with van der Waals surface area (Å²) >= 11 is 6.12. The van der Waals surface area contributed by atoms with E-state index in [1.165, 1.54) is 0 Å². The molecule has 0 atom stereocenters. The van der Waals surface area contributed by atoms with Gasteiger partial charge in [-0.3, -0.25) is 4.40 Å². The maximum absolute atomic E-state index is 9.66. The molecule has 18 heavy (non-hydrogen) atoms. The van der Waals surface area contributed by atoms with Crippen molar-refractivity contribution in [1.82, 2.24) is 14.6 Å². The first-order chi connectivity index (χ1) is 8.75. The van der Waals surface area contributed by atoms with Gasteiger partial charge in [-0.2, -0.15) is 0 Å². The van der Waals surface area contributed by atoms with Crippen LogP contribution in [0.5, 0.6) is 5.75 Å². The van der Waals surface area contributed by atoms with E-state index in [0.717, 1.165) is 11.4 Å². The number of halogens is 1. The third kappa shape index (κ3) is 1.80. The molecule has 0 saturated carbocycles. The van der Waals surface area contributed by atoms with E-state index in [1.54, 1.807) is 16.5 Å². The predicted octanol–water partition coefficient (Wildman–Crippen LogP) is 2.68. The molecule has 0 spiro atoms. The molecule has 0 amide bonds. The van der Waals surface area contributed by atoms with Crippen molar-refractivity contribution in [3.8, 4) is 5.75 Å². The van der Waals surface area contributed by atoms with E-state index >= 15 is 0 Å². The number of hydrogen-bond donors (Lipinski definition) is 1. The first-order valence-electron chi connectivity index (χ1n) is 5.51. The molecule has 2 heterocycles. The third-order valence-electron chi connectivity index (χ3n) is 2.79. The van der Waals surface area contributed by atoms with Crippen molar-refractivity contribution in [2.24, 2.45) is 0 Å². The Labute approximate surface area is 108 Å². The van der Waals surface area contributed by atoms with Crippen molar-refractivity contribution >= 4 is 17.2 Å². The van der Waals surface area contributed by atoms with E-state index in [0.29, 0.717) is 17.1 Å². The first kappa shape index (κ1) is 11.0. The van der Waals surface area contributed by atoms with Gasteiger partial charge in [-0.25, -0.2) is 0 Å². The minimum absolute atomic E-state index is 0.121. The van der Waals surface area contributed by atoms with Crippen LogP contribution >= 0.6 is 11.6 Å². The fraction of sp³-hybridized carbons (Fsp3) is 0.0769. The SMILES string of the molecule is Oc1cccn2c(Cc3ccccc3Cl)nnc12. The Balaban J connectivity index is 2.06. The number of aromatic nitrogens is 3. The van der Waals surface area contributed by atoms with Crippen LogP contribution in [0.4, 0.5) is 0 Å². The molecule has 0 radical (unpaired) electrons. The summed E-state index contributed by atoms with van der Waals surface area (Å²) in [6.45, 7) is 0. The normalized spacial score (nSPS) is 10.9. The number of rotatable bonds is 2. The fourth-order valence-electron chi connectivity index (χ4n) is 1.88. The van der Waals surface area contributed by atoms with E-state index in [-0.39, 0.29) is 5.75 Å². The third-order valence-corrected chi connectivity index (χ3v) is 3.16. The molecule has 5 heteroatoms. The number of fused-ring (bicyclic) bond motifs is 1. The average molecular weight is 260 g/mol. The number of nitrogens with zero attached hydrogens (tertiary/aromatic N) is 3. The van der Waals surface area contributed by atoms with E-state index < -0.39 is 0 Å². The van der Waals surface area contributed by atoms with Gasteiger partial charge < -0.3 is 5.11 Å². The van der Waals surface area contributed by atoms with E-state index in [4.69, 9.17) is 11.6 Å². The molecular weight excluding hydrogens is 250 g/mol. The van der Waals surface area contributed by atoms with Crippen LogP contribution in [-0.2, 0) is 6.42 Å². The second-order valence-corrected chi connectivity index (χ2v) is 4.38. The van der Waals surface area contributed by atoms with E-state index in [2.05, 4.69) is 10.2 Å². The zero-order chi connectivity index (χ0) is 12.5. The highest BCUT2D eigenvalue weighted by Crippen LogP contribution is 2.21. The van der Waals surface area contributed by atoms with Crippen LogP contribution in [0, 0.1) is 0 Å². The van der Waals surface area contributed by atoms with Gasteiger partial charge in [0, 0.05) is 17.6 Å². The Morgan fingerprint density at radius 3 is 2.78 bits per heavy atom. The molecule has 3 aromatic rings. The summed E-state index contributed by atoms with van der Waals surface area (Å²) < 4.78 is 1.76. The molecule has 0 bridgehead atoms. The number of pyridine rings is 1. The van der Waals surface area contributed by atoms with Crippen molar-refractivity contribution in [1.29, 1.82) is 0 Å². The Morgan fingerprint density at radius 1 is 1.11 bits per heavy atom. The first-order valence-corrected chi connectivity index (χ1v) is 5.88. The van der Waals surface area contributed by atoms with Gasteiger partial charge in [-0.1, -0.05) is 29.8 Å². The lowest BCUT2D eigenvalue weighted by atomic mass is 10.1. The van der Waals surface area contributed by atoms with Gasteiger partial charge in [0.05, 0.1) is 0 Å². The molecule has 0 unspecified atom stereocenters. The molecule has 0 saturated heterocycles. The predicted molar refractivity (Wildman–Crippen MR) is 68.9 cm³/mol. The molecule has 3 rings (SSSR count). The minimum Gasteiger partial charge on any atom is -0.504 e. The molecule has 1 N–H and O–H groups in total. The molecule has 0 aliphatic carbocycles. The topological polar surface area (TPSA) is 50.4 Å². The maximum Gasteiger partial charge on any atom is 0.203 e. The smallest absolute Gasteiger partial charge is 0.203 e. The van der Waals surface area contributed by atoms with Crippen molar-refractivity contribution in [2.45, 2.75) is 6.42 Å². The van der Waals surface area contributed by atoms with Crippen LogP contribution in [0.2, 0.25) is 5.02 Å². The lowest BCUT2D eigenvalue weighted by molar-refractivity contribution is 0.477. The van der Waals surface area contributed by atoms with Crippen molar-refractivity contribution in [3.63, 3.8) is 0 Å². The Hall–Kier alpha value is -2.07. The molecule has 90 valence electrons. The van der Waals surface area contributed by atoms with Crippen LogP contribution < -0.4 is 0 Å². The van der Waals surface area contributed by atoms with E-state index in [9.17, 15) is 5.11 Å². The summed E-state index contributed by atoms with van der Waals surface area (Å²) in [6, 6.07) is 11.0. The highest BCUT2D eigenvalue weighted by molar-refractivity contribution is 6.31. The Morgan fingerprint density at radius 2 is 1.94 bits per heavy atom. The summed E-state index contributed by atoms with van der Waals surface area (Å²) in [4.78, 5) is 0. The maximum atomic E-state index is 9.66. The molecule has 0 aliphatic heterocycles. The lowest BCUT2D eigenvalue weighted by Gasteiger charge is -2.03. The largest absolute Gasteiger partial charge is 0.504 e. The van der Waals surface area contributed by atoms with Gasteiger partial charge in [-0.05, 0) is 23.8 Å². The highest BCUT2D eigenvalue weighted by Gasteiger charge is 2.10. The zero-order valence-electron chi connectivity index (χ0n) is 9.42. The fourth-order valence-corrected chi connectivity index (χ4v) is 2.08. The molecule has 4 nitrogen and oxygen atoms in total. The van der Waals surface area contributed by atoms with E-state index in [1.807, 2.05) is 30.5 Å². The van der Waals surface area contributed by atoms with Crippen molar-refractivity contribution in [2.75, 3.05) is 0 Å². The van der Waals surface area contributed by atoms with Gasteiger partial charge >= 0.3 is 0 Å². The van der Waals surface area contributed by atoms with Crippen LogP contribution in [0.1, 0.15) is 11.4 Å². The van der Waals surface area contributed by atoms with Crippen LogP contribution in [-0.4, -0.2) is 19.7 Å². The van der Waals surface area contributed by atoms with Gasteiger partial charge in [0.1, 0.15) is 5.82 Å². The minimum atomic E-state index is 0.121. The summed E-state index contributed by atoms with van der Waals surface area (Å²) in [7, 11) is 0. The number of benzene rings is 1. The monoisotopic (exact) mass is 259 g/mol. The average Bonchev–Trinajstić information content (AvgIpc) is 2.77. The summed E-state index contributed by atoms with van der Waals surface area (Å²) in [5, 5.41) is 18.4. The summed E-state index contributed by atoms with van der Waals surface area (Å²) in [6.07, 6.45) is 2.39. The quantitative estimate of drug-likeness (QED) is 0.770. The summed E-state index contributed by atoms with van der Waals surface area (Å²) in [5.74, 6) is 0.865. The molecule has 1 aromatic carbocycles. The lowest BCUT2D eigenvalue weighted by Crippen LogP contribution is -1.96. The Bertz CT molecular complexity index is 708. The van der Waals surface area contributed by atoms with Crippen LogP contribution in [0.3, 0.4) is 0 Å². The molecular formula is C13H10ClN3O. The van der Waals surface area contributed by atoms with Gasteiger partial charge in [0.15, 0.2) is 5.75 Å². The highest BCUT2D eigenvalue weighted by atomic mass is 35.5. The second-order valence-electron chi connectivity index (χ2n) is 3.97.